The number of urea groups is 2. The number of anilines is 3. The van der Waals surface area contributed by atoms with Crippen LogP contribution in [0.1, 0.15) is 27.2 Å². The number of amides is 4. The lowest BCUT2D eigenvalue weighted by Gasteiger charge is -2.25. The highest BCUT2D eigenvalue weighted by Crippen LogP contribution is 2.35. The number of fused-ring (bicyclic) bond motifs is 1. The van der Waals surface area contributed by atoms with Crippen LogP contribution in [0.2, 0.25) is 0 Å². The summed E-state index contributed by atoms with van der Waals surface area (Å²) >= 11 is 0. The lowest BCUT2D eigenvalue weighted by Crippen LogP contribution is -2.45. The second-order valence-corrected chi connectivity index (χ2v) is 10.8. The first kappa shape index (κ1) is 28.2. The Labute approximate surface area is 243 Å². The number of aromatic nitrogens is 1. The second-order valence-electron chi connectivity index (χ2n) is 10.8. The van der Waals surface area contributed by atoms with Crippen LogP contribution >= 0.6 is 0 Å². The van der Waals surface area contributed by atoms with Crippen molar-refractivity contribution in [2.24, 2.45) is 10.5 Å². The summed E-state index contributed by atoms with van der Waals surface area (Å²) in [6, 6.07) is 20.4. The molecule has 1 aliphatic rings. The molecular weight excluding hydrogens is 534 g/mol. The topological polar surface area (TPSA) is 140 Å². The standard InChI is InChI=1S/C31H33N7O4/c1-31(2,3)26-18-28(38(37-26)19-9-11-20(39)12-10-19)36-30(41)34-24-13-14-25(23-8-6-5-7-22(23)24)42-21-15-16-33-27(17-21)35-29(40)32-4/h5-17,28,39H,18H2,1-4H3,(H2,34,36,41)(H2,32,33,35,40). The Bertz CT molecular complexity index is 1650. The van der Waals surface area contributed by atoms with E-state index in [2.05, 4.69) is 47.0 Å². The maximum absolute atomic E-state index is 13.3. The summed E-state index contributed by atoms with van der Waals surface area (Å²) in [7, 11) is 1.52. The SMILES string of the molecule is CNC(=O)Nc1cc(Oc2ccc(NC(=O)NC3CC(C(C)(C)C)=NN3c3ccc(O)cc3)c3ccccc23)ccn1. The Morgan fingerprint density at radius 2 is 1.69 bits per heavy atom. The zero-order valence-electron chi connectivity index (χ0n) is 23.8. The third-order valence-corrected chi connectivity index (χ3v) is 6.75. The molecule has 4 amide bonds. The van der Waals surface area contributed by atoms with Gasteiger partial charge in [0.25, 0.3) is 0 Å². The van der Waals surface area contributed by atoms with Gasteiger partial charge in [-0.25, -0.2) is 19.6 Å². The molecule has 11 nitrogen and oxygen atoms in total. The fourth-order valence-electron chi connectivity index (χ4n) is 4.55. The molecular formula is C31H33N7O4. The molecule has 5 rings (SSSR count). The number of rotatable bonds is 6. The fraction of sp³-hybridized carbons (Fsp3) is 0.226. The molecule has 5 N–H and O–H groups in total. The average molecular weight is 568 g/mol. The summed E-state index contributed by atoms with van der Waals surface area (Å²) in [6.07, 6.45) is 1.68. The van der Waals surface area contributed by atoms with Crippen LogP contribution in [0, 0.1) is 5.41 Å². The molecule has 1 unspecified atom stereocenters. The van der Waals surface area contributed by atoms with Crippen LogP contribution in [0.4, 0.5) is 26.8 Å². The van der Waals surface area contributed by atoms with Crippen molar-refractivity contribution in [3.8, 4) is 17.2 Å². The largest absolute Gasteiger partial charge is 0.508 e. The van der Waals surface area contributed by atoms with Gasteiger partial charge in [-0.3, -0.25) is 5.32 Å². The molecule has 42 heavy (non-hydrogen) atoms. The van der Waals surface area contributed by atoms with Gasteiger partial charge in [0.15, 0.2) is 0 Å². The number of hydrogen-bond acceptors (Lipinski definition) is 7. The van der Waals surface area contributed by atoms with Crippen LogP contribution in [0.5, 0.6) is 17.2 Å². The summed E-state index contributed by atoms with van der Waals surface area (Å²) in [4.78, 5) is 29.1. The van der Waals surface area contributed by atoms with Crippen molar-refractivity contribution in [3.63, 3.8) is 0 Å². The van der Waals surface area contributed by atoms with Gasteiger partial charge in [0.1, 0.15) is 29.2 Å². The number of benzene rings is 3. The number of phenolic OH excluding ortho intramolecular Hbond substituents is 1. The zero-order valence-corrected chi connectivity index (χ0v) is 23.8. The Morgan fingerprint density at radius 1 is 0.952 bits per heavy atom. The fourth-order valence-corrected chi connectivity index (χ4v) is 4.55. The molecule has 0 bridgehead atoms. The first-order valence-electron chi connectivity index (χ1n) is 13.5. The van der Waals surface area contributed by atoms with Crippen molar-refractivity contribution in [1.29, 1.82) is 0 Å². The summed E-state index contributed by atoms with van der Waals surface area (Å²) in [5.74, 6) is 1.57. The third kappa shape index (κ3) is 6.35. The number of carbonyl (C=O) groups excluding carboxylic acids is 2. The Kier molecular flexibility index (Phi) is 7.83. The number of ether oxygens (including phenoxy) is 1. The van der Waals surface area contributed by atoms with Crippen molar-refractivity contribution >= 4 is 45.7 Å². The van der Waals surface area contributed by atoms with Crippen LogP contribution in [0.3, 0.4) is 0 Å². The molecule has 0 saturated heterocycles. The van der Waals surface area contributed by atoms with E-state index in [0.29, 0.717) is 29.4 Å². The van der Waals surface area contributed by atoms with Gasteiger partial charge < -0.3 is 25.8 Å². The number of nitrogens with zero attached hydrogens (tertiary/aromatic N) is 3. The second kappa shape index (κ2) is 11.7. The van der Waals surface area contributed by atoms with Gasteiger partial charge in [0.05, 0.1) is 11.4 Å². The van der Waals surface area contributed by atoms with E-state index < -0.39 is 6.17 Å². The van der Waals surface area contributed by atoms with Crippen molar-refractivity contribution in [1.82, 2.24) is 15.6 Å². The smallest absolute Gasteiger partial charge is 0.320 e. The van der Waals surface area contributed by atoms with Gasteiger partial charge in [-0.05, 0) is 42.5 Å². The maximum Gasteiger partial charge on any atom is 0.320 e. The summed E-state index contributed by atoms with van der Waals surface area (Å²) in [6.45, 7) is 6.26. The van der Waals surface area contributed by atoms with Crippen LogP contribution in [-0.2, 0) is 0 Å². The van der Waals surface area contributed by atoms with E-state index in [1.807, 2.05) is 24.3 Å². The van der Waals surface area contributed by atoms with Crippen LogP contribution in [0.25, 0.3) is 10.8 Å². The number of aromatic hydroxyl groups is 1. The van der Waals surface area contributed by atoms with Crippen molar-refractivity contribution < 1.29 is 19.4 Å². The van der Waals surface area contributed by atoms with Crippen LogP contribution < -0.4 is 31.0 Å². The summed E-state index contributed by atoms with van der Waals surface area (Å²) < 4.78 is 6.15. The molecule has 1 atom stereocenters. The number of phenols is 1. The van der Waals surface area contributed by atoms with E-state index in [-0.39, 0.29) is 23.2 Å². The molecule has 216 valence electrons. The highest BCUT2D eigenvalue weighted by atomic mass is 16.5. The molecule has 0 radical (unpaired) electrons. The maximum atomic E-state index is 13.3. The molecule has 0 fully saturated rings. The molecule has 0 aliphatic carbocycles. The van der Waals surface area contributed by atoms with E-state index >= 15 is 0 Å². The minimum Gasteiger partial charge on any atom is -0.508 e. The monoisotopic (exact) mass is 567 g/mol. The van der Waals surface area contributed by atoms with Crippen LogP contribution in [-0.4, -0.2) is 41.1 Å². The minimum atomic E-state index is -0.415. The minimum absolute atomic E-state index is 0.157. The first-order chi connectivity index (χ1) is 20.1. The van der Waals surface area contributed by atoms with E-state index in [1.165, 1.54) is 7.05 Å². The van der Waals surface area contributed by atoms with E-state index in [0.717, 1.165) is 22.2 Å². The summed E-state index contributed by atoms with van der Waals surface area (Å²) in [5, 5.41) is 29.0. The third-order valence-electron chi connectivity index (χ3n) is 6.75. The van der Waals surface area contributed by atoms with Gasteiger partial charge in [-0.1, -0.05) is 45.0 Å². The predicted molar refractivity (Wildman–Crippen MR) is 164 cm³/mol. The summed E-state index contributed by atoms with van der Waals surface area (Å²) in [5.41, 5.74) is 2.15. The average Bonchev–Trinajstić information content (AvgIpc) is 3.39. The number of carbonyl (C=O) groups is 2. The number of pyridine rings is 1. The van der Waals surface area contributed by atoms with Gasteiger partial charge in [0, 0.05) is 47.6 Å². The molecule has 1 aliphatic heterocycles. The van der Waals surface area contributed by atoms with Gasteiger partial charge >= 0.3 is 12.1 Å². The van der Waals surface area contributed by atoms with Crippen LogP contribution in [0.15, 0.2) is 84.1 Å². The zero-order chi connectivity index (χ0) is 29.9. The first-order valence-corrected chi connectivity index (χ1v) is 13.5. The molecule has 11 heteroatoms. The highest BCUT2D eigenvalue weighted by Gasteiger charge is 2.34. The highest BCUT2D eigenvalue weighted by molar-refractivity contribution is 6.04. The number of hydrazone groups is 1. The van der Waals surface area contributed by atoms with Gasteiger partial charge in [-0.2, -0.15) is 5.10 Å². The van der Waals surface area contributed by atoms with E-state index in [9.17, 15) is 14.7 Å². The predicted octanol–water partition coefficient (Wildman–Crippen LogP) is 6.24. The number of hydrogen-bond donors (Lipinski definition) is 5. The normalized spacial score (nSPS) is 14.7. The lowest BCUT2D eigenvalue weighted by atomic mass is 9.88. The molecule has 3 aromatic carbocycles. The molecule has 0 spiro atoms. The van der Waals surface area contributed by atoms with Crippen molar-refractivity contribution in [3.05, 3.63) is 79.0 Å². The number of nitrogens with one attached hydrogen (secondary N) is 4. The molecule has 4 aromatic rings. The van der Waals surface area contributed by atoms with E-state index in [4.69, 9.17) is 9.84 Å². The Balaban J connectivity index is 1.35. The van der Waals surface area contributed by atoms with Crippen molar-refractivity contribution in [2.45, 2.75) is 33.4 Å². The lowest BCUT2D eigenvalue weighted by molar-refractivity contribution is 0.248. The van der Waals surface area contributed by atoms with Crippen molar-refractivity contribution in [2.75, 3.05) is 22.7 Å². The Hall–Kier alpha value is -5.32. The van der Waals surface area contributed by atoms with Gasteiger partial charge in [0.2, 0.25) is 0 Å². The van der Waals surface area contributed by atoms with E-state index in [1.54, 1.807) is 59.7 Å². The molecule has 0 saturated carbocycles. The molecule has 1 aromatic heterocycles. The quantitative estimate of drug-likeness (QED) is 0.187. The van der Waals surface area contributed by atoms with Gasteiger partial charge in [-0.15, -0.1) is 0 Å². The molecule has 2 heterocycles. The Morgan fingerprint density at radius 3 is 2.40 bits per heavy atom.